The van der Waals surface area contributed by atoms with Gasteiger partial charge in [0.15, 0.2) is 0 Å². The van der Waals surface area contributed by atoms with Crippen LogP contribution in [0, 0.1) is 6.92 Å². The number of benzene rings is 1. The van der Waals surface area contributed by atoms with Gasteiger partial charge in [0.05, 0.1) is 4.88 Å². The second-order valence-corrected chi connectivity index (χ2v) is 7.39. The van der Waals surface area contributed by atoms with E-state index in [4.69, 9.17) is 4.52 Å². The number of thiophene rings is 1. The number of rotatable bonds is 4. The Balaban J connectivity index is 1.46. The average Bonchev–Trinajstić information content (AvgIpc) is 3.45. The van der Waals surface area contributed by atoms with Crippen molar-refractivity contribution < 1.29 is 4.52 Å². The average molecular weight is 389 g/mol. The van der Waals surface area contributed by atoms with E-state index >= 15 is 0 Å². The molecule has 0 aliphatic carbocycles. The van der Waals surface area contributed by atoms with E-state index in [1.54, 1.807) is 38.9 Å². The van der Waals surface area contributed by atoms with Crippen molar-refractivity contribution in [3.63, 3.8) is 0 Å². The molecular formula is C20H15N5O2S. The minimum Gasteiger partial charge on any atom is -0.337 e. The molecule has 5 rings (SSSR count). The Kier molecular flexibility index (Phi) is 3.91. The molecule has 0 bridgehead atoms. The fraction of sp³-hybridized carbons (Fsp3) is 0.100. The van der Waals surface area contributed by atoms with E-state index in [1.165, 1.54) is 0 Å². The summed E-state index contributed by atoms with van der Waals surface area (Å²) in [6.45, 7) is 2.22. The molecule has 0 aliphatic rings. The van der Waals surface area contributed by atoms with E-state index in [0.717, 1.165) is 21.7 Å². The lowest BCUT2D eigenvalue weighted by Crippen LogP contribution is -2.21. The van der Waals surface area contributed by atoms with Crippen molar-refractivity contribution in [2.45, 2.75) is 13.5 Å². The summed E-state index contributed by atoms with van der Waals surface area (Å²) in [5.74, 6) is 0.883. The highest BCUT2D eigenvalue weighted by Gasteiger charge is 2.13. The molecule has 1 aromatic carbocycles. The smallest absolute Gasteiger partial charge is 0.277 e. The van der Waals surface area contributed by atoms with E-state index in [9.17, 15) is 4.79 Å². The molecule has 4 aromatic heterocycles. The van der Waals surface area contributed by atoms with Gasteiger partial charge in [0, 0.05) is 18.0 Å². The van der Waals surface area contributed by atoms with E-state index in [2.05, 4.69) is 15.2 Å². The Morgan fingerprint density at radius 3 is 2.79 bits per heavy atom. The monoisotopic (exact) mass is 389 g/mol. The summed E-state index contributed by atoms with van der Waals surface area (Å²) in [4.78, 5) is 18.3. The Morgan fingerprint density at radius 1 is 1.14 bits per heavy atom. The van der Waals surface area contributed by atoms with Crippen LogP contribution in [-0.4, -0.2) is 24.3 Å². The number of fused-ring (bicyclic) bond motifs is 1. The van der Waals surface area contributed by atoms with Crippen molar-refractivity contribution in [3.05, 3.63) is 82.0 Å². The molecule has 0 N–H and O–H groups in total. The molecule has 0 saturated heterocycles. The SMILES string of the molecule is Cc1ccc(-c2noc(Cn3ccn4nc(-c5cccs5)cc4c3=O)n2)cc1. The summed E-state index contributed by atoms with van der Waals surface area (Å²) in [5.41, 5.74) is 3.16. The van der Waals surface area contributed by atoms with Gasteiger partial charge in [0.25, 0.3) is 5.56 Å². The van der Waals surface area contributed by atoms with E-state index in [-0.39, 0.29) is 12.1 Å². The van der Waals surface area contributed by atoms with Crippen LogP contribution >= 0.6 is 11.3 Å². The molecule has 0 atom stereocenters. The maximum Gasteiger partial charge on any atom is 0.277 e. The largest absolute Gasteiger partial charge is 0.337 e. The predicted octanol–water partition coefficient (Wildman–Crippen LogP) is 3.63. The van der Waals surface area contributed by atoms with Gasteiger partial charge in [0.1, 0.15) is 17.8 Å². The van der Waals surface area contributed by atoms with Gasteiger partial charge in [-0.15, -0.1) is 11.3 Å². The van der Waals surface area contributed by atoms with E-state index in [1.807, 2.05) is 48.7 Å². The summed E-state index contributed by atoms with van der Waals surface area (Å²) < 4.78 is 8.48. The summed E-state index contributed by atoms with van der Waals surface area (Å²) in [6, 6.07) is 13.6. The van der Waals surface area contributed by atoms with Crippen LogP contribution in [0.15, 0.2) is 69.6 Å². The van der Waals surface area contributed by atoms with Crippen LogP contribution in [0.3, 0.4) is 0 Å². The Bertz CT molecular complexity index is 1310. The summed E-state index contributed by atoms with van der Waals surface area (Å²) in [7, 11) is 0. The molecule has 0 unspecified atom stereocenters. The first kappa shape index (κ1) is 16.6. The number of aromatic nitrogens is 5. The molecule has 7 nitrogen and oxygen atoms in total. The first-order valence-electron chi connectivity index (χ1n) is 8.70. The van der Waals surface area contributed by atoms with Gasteiger partial charge >= 0.3 is 0 Å². The number of hydrogen-bond acceptors (Lipinski definition) is 6. The first-order valence-corrected chi connectivity index (χ1v) is 9.58. The Labute approximate surface area is 163 Å². The van der Waals surface area contributed by atoms with Crippen molar-refractivity contribution in [3.8, 4) is 22.0 Å². The highest BCUT2D eigenvalue weighted by atomic mass is 32.1. The van der Waals surface area contributed by atoms with Gasteiger partial charge in [-0.25, -0.2) is 4.52 Å². The molecule has 0 amide bonds. The molecule has 0 spiro atoms. The molecule has 0 fully saturated rings. The van der Waals surface area contributed by atoms with Crippen LogP contribution < -0.4 is 5.56 Å². The fourth-order valence-electron chi connectivity index (χ4n) is 2.98. The van der Waals surface area contributed by atoms with Crippen molar-refractivity contribution in [1.82, 2.24) is 24.3 Å². The van der Waals surface area contributed by atoms with Crippen LogP contribution in [-0.2, 0) is 6.54 Å². The Hall–Kier alpha value is -3.52. The van der Waals surface area contributed by atoms with Crippen LogP contribution in [0.2, 0.25) is 0 Å². The molecule has 8 heteroatoms. The van der Waals surface area contributed by atoms with Crippen LogP contribution in [0.5, 0.6) is 0 Å². The van der Waals surface area contributed by atoms with Gasteiger partial charge in [-0.3, -0.25) is 4.79 Å². The lowest BCUT2D eigenvalue weighted by molar-refractivity contribution is 0.370. The molecule has 28 heavy (non-hydrogen) atoms. The quantitative estimate of drug-likeness (QED) is 0.469. The van der Waals surface area contributed by atoms with Crippen LogP contribution in [0.4, 0.5) is 0 Å². The topological polar surface area (TPSA) is 78.2 Å². The maximum atomic E-state index is 12.8. The number of aryl methyl sites for hydroxylation is 1. The van der Waals surface area contributed by atoms with Gasteiger partial charge in [0.2, 0.25) is 11.7 Å². The molecular weight excluding hydrogens is 374 g/mol. The molecule has 5 aromatic rings. The minimum atomic E-state index is -0.159. The second kappa shape index (κ2) is 6.58. The summed E-state index contributed by atoms with van der Waals surface area (Å²) >= 11 is 1.59. The zero-order valence-electron chi connectivity index (χ0n) is 14.9. The highest BCUT2D eigenvalue weighted by Crippen LogP contribution is 2.23. The number of hydrogen-bond donors (Lipinski definition) is 0. The van der Waals surface area contributed by atoms with Crippen molar-refractivity contribution in [1.29, 1.82) is 0 Å². The molecule has 0 saturated carbocycles. The second-order valence-electron chi connectivity index (χ2n) is 6.45. The van der Waals surface area contributed by atoms with Crippen molar-refractivity contribution >= 4 is 16.9 Å². The summed E-state index contributed by atoms with van der Waals surface area (Å²) in [6.07, 6.45) is 3.43. The third-order valence-corrected chi connectivity index (χ3v) is 5.35. The fourth-order valence-corrected chi connectivity index (χ4v) is 3.66. The predicted molar refractivity (Wildman–Crippen MR) is 106 cm³/mol. The van der Waals surface area contributed by atoms with Gasteiger partial charge in [-0.2, -0.15) is 10.1 Å². The minimum absolute atomic E-state index is 0.159. The molecule has 0 radical (unpaired) electrons. The highest BCUT2D eigenvalue weighted by molar-refractivity contribution is 7.13. The van der Waals surface area contributed by atoms with Crippen molar-refractivity contribution in [2.24, 2.45) is 0 Å². The van der Waals surface area contributed by atoms with E-state index < -0.39 is 0 Å². The zero-order valence-corrected chi connectivity index (χ0v) is 15.8. The standard InChI is InChI=1S/C20H15N5O2S/c1-13-4-6-14(7-5-13)19-21-18(27-23-19)12-24-8-9-25-16(20(24)26)11-15(22-25)17-3-2-10-28-17/h2-11H,12H2,1H3. The third-order valence-electron chi connectivity index (χ3n) is 4.46. The third kappa shape index (κ3) is 2.93. The van der Waals surface area contributed by atoms with E-state index in [0.29, 0.717) is 17.2 Å². The normalized spacial score (nSPS) is 11.3. The van der Waals surface area contributed by atoms with Gasteiger partial charge in [-0.05, 0) is 24.4 Å². The van der Waals surface area contributed by atoms with Gasteiger partial charge in [-0.1, -0.05) is 41.1 Å². The molecule has 0 aliphatic heterocycles. The number of nitrogens with zero attached hydrogens (tertiary/aromatic N) is 5. The van der Waals surface area contributed by atoms with Crippen LogP contribution in [0.25, 0.3) is 27.5 Å². The Morgan fingerprint density at radius 2 is 2.00 bits per heavy atom. The van der Waals surface area contributed by atoms with Gasteiger partial charge < -0.3 is 9.09 Å². The first-order chi connectivity index (χ1) is 13.7. The lowest BCUT2D eigenvalue weighted by atomic mass is 10.1. The zero-order chi connectivity index (χ0) is 19.1. The molecule has 4 heterocycles. The maximum absolute atomic E-state index is 12.8. The molecule has 138 valence electrons. The van der Waals surface area contributed by atoms with Crippen molar-refractivity contribution in [2.75, 3.05) is 0 Å². The lowest BCUT2D eigenvalue weighted by Gasteiger charge is -2.01. The van der Waals surface area contributed by atoms with Crippen LogP contribution in [0.1, 0.15) is 11.5 Å². The summed E-state index contributed by atoms with van der Waals surface area (Å²) in [5, 5.41) is 10.5.